The molecular weight excluding hydrogens is 376 g/mol. The van der Waals surface area contributed by atoms with E-state index >= 15 is 0 Å². The number of nitrogen functional groups attached to an aromatic ring is 1. The first-order chi connectivity index (χ1) is 12.5. The number of halogens is 1. The van der Waals surface area contributed by atoms with Crippen molar-refractivity contribution in [3.8, 4) is 0 Å². The summed E-state index contributed by atoms with van der Waals surface area (Å²) >= 11 is 5.91. The Hall–Kier alpha value is -2.39. The molecule has 0 radical (unpaired) electrons. The van der Waals surface area contributed by atoms with E-state index in [0.717, 1.165) is 18.4 Å². The highest BCUT2D eigenvalue weighted by Crippen LogP contribution is 2.22. The monoisotopic (exact) mass is 392 g/mol. The second kappa shape index (κ2) is 6.40. The zero-order valence-corrected chi connectivity index (χ0v) is 15.4. The Morgan fingerprint density at radius 2 is 2.00 bits per heavy atom. The van der Waals surface area contributed by atoms with Crippen LogP contribution in [-0.2, 0) is 16.3 Å². The van der Waals surface area contributed by atoms with E-state index in [1.165, 1.54) is 4.57 Å². The van der Waals surface area contributed by atoms with Gasteiger partial charge < -0.3 is 10.7 Å². The van der Waals surface area contributed by atoms with Crippen LogP contribution in [0.1, 0.15) is 18.4 Å². The minimum atomic E-state index is -2.69. The number of hydrogen-bond acceptors (Lipinski definition) is 6. The molecule has 1 atom stereocenters. The molecule has 2 aromatic heterocycles. The molecule has 0 amide bonds. The lowest BCUT2D eigenvalue weighted by Crippen LogP contribution is -2.19. The van der Waals surface area contributed by atoms with Crippen molar-refractivity contribution in [1.29, 1.82) is 0 Å². The maximum Gasteiger partial charge on any atom is 0.328 e. The summed E-state index contributed by atoms with van der Waals surface area (Å²) in [7, 11) is -2.69. The highest BCUT2D eigenvalue weighted by molar-refractivity contribution is 7.93. The molecule has 1 aliphatic rings. The van der Waals surface area contributed by atoms with E-state index in [1.807, 2.05) is 12.1 Å². The second-order valence-electron chi connectivity index (χ2n) is 6.14. The molecule has 0 bridgehead atoms. The molecule has 0 saturated heterocycles. The molecule has 1 aromatic carbocycles. The third-order valence-electron chi connectivity index (χ3n) is 4.30. The van der Waals surface area contributed by atoms with Crippen molar-refractivity contribution in [2.75, 3.05) is 18.0 Å². The molecule has 3 heterocycles. The van der Waals surface area contributed by atoms with Gasteiger partial charge in [0, 0.05) is 17.3 Å². The Labute approximate surface area is 154 Å². The second-order valence-corrected chi connectivity index (χ2v) is 8.89. The number of aromatic amines is 1. The number of fused-ring (bicyclic) bond motifs is 1. The summed E-state index contributed by atoms with van der Waals surface area (Å²) in [5.41, 5.74) is 7.19. The number of rotatable bonds is 3. The summed E-state index contributed by atoms with van der Waals surface area (Å²) < 4.78 is 18.8. The average molecular weight is 393 g/mol. The molecule has 0 spiro atoms. The standard InChI is InChI=1S/C16H17ClN6O2S/c17-11-5-3-10(4-6-11)9-23-14-12(20-16(23)24)13(18)21-15(22-14)26(25)8-2-1-7-19-26/h3-6H,1-2,7-9H2,(H,20,24)(H2,18,21,22). The highest BCUT2D eigenvalue weighted by Gasteiger charge is 2.23. The number of aromatic nitrogens is 4. The SMILES string of the molecule is Nc1nc(S2(=O)=NCCCC2)nc2c1[nH]c(=O)n2Cc1ccc(Cl)cc1. The molecule has 3 N–H and O–H groups in total. The highest BCUT2D eigenvalue weighted by atomic mass is 35.5. The van der Waals surface area contributed by atoms with Gasteiger partial charge >= 0.3 is 5.69 Å². The summed E-state index contributed by atoms with van der Waals surface area (Å²) in [6.45, 7) is 0.801. The summed E-state index contributed by atoms with van der Waals surface area (Å²) in [5, 5.41) is 0.718. The van der Waals surface area contributed by atoms with Gasteiger partial charge in [-0.25, -0.2) is 18.4 Å². The Balaban J connectivity index is 1.87. The molecule has 1 aliphatic heterocycles. The molecule has 1 unspecified atom stereocenters. The van der Waals surface area contributed by atoms with Crippen LogP contribution in [0.2, 0.25) is 5.02 Å². The van der Waals surface area contributed by atoms with Gasteiger partial charge in [-0.15, -0.1) is 0 Å². The topological polar surface area (TPSA) is 119 Å². The maximum absolute atomic E-state index is 13.1. The first kappa shape index (κ1) is 17.0. The Kier molecular flexibility index (Phi) is 4.20. The van der Waals surface area contributed by atoms with Gasteiger partial charge in [-0.1, -0.05) is 23.7 Å². The number of H-pyrrole nitrogens is 1. The van der Waals surface area contributed by atoms with Crippen molar-refractivity contribution in [3.05, 3.63) is 45.3 Å². The van der Waals surface area contributed by atoms with E-state index in [2.05, 4.69) is 19.3 Å². The fourth-order valence-corrected chi connectivity index (χ4v) is 4.97. The van der Waals surface area contributed by atoms with E-state index < -0.39 is 9.73 Å². The van der Waals surface area contributed by atoms with Gasteiger partial charge in [0.05, 0.1) is 6.54 Å². The average Bonchev–Trinajstić information content (AvgIpc) is 2.94. The molecule has 136 valence electrons. The molecule has 0 fully saturated rings. The molecular formula is C16H17ClN6O2S. The zero-order valence-electron chi connectivity index (χ0n) is 13.8. The van der Waals surface area contributed by atoms with Crippen molar-refractivity contribution < 1.29 is 4.21 Å². The first-order valence-corrected chi connectivity index (χ1v) is 10.2. The van der Waals surface area contributed by atoms with E-state index in [1.54, 1.807) is 12.1 Å². The summed E-state index contributed by atoms with van der Waals surface area (Å²) in [6, 6.07) is 7.16. The predicted molar refractivity (Wildman–Crippen MR) is 101 cm³/mol. The van der Waals surface area contributed by atoms with Gasteiger partial charge in [0.15, 0.2) is 11.5 Å². The van der Waals surface area contributed by atoms with Crippen molar-refractivity contribution in [3.63, 3.8) is 0 Å². The molecule has 26 heavy (non-hydrogen) atoms. The van der Waals surface area contributed by atoms with Crippen molar-refractivity contribution in [2.45, 2.75) is 24.5 Å². The van der Waals surface area contributed by atoms with Crippen molar-refractivity contribution in [2.24, 2.45) is 4.36 Å². The Morgan fingerprint density at radius 3 is 2.69 bits per heavy atom. The zero-order chi connectivity index (χ0) is 18.3. The lowest BCUT2D eigenvalue weighted by molar-refractivity contribution is 0.650. The van der Waals surface area contributed by atoms with Gasteiger partial charge in [0.2, 0.25) is 5.16 Å². The third-order valence-corrected chi connectivity index (χ3v) is 6.75. The Morgan fingerprint density at radius 1 is 1.23 bits per heavy atom. The van der Waals surface area contributed by atoms with Crippen LogP contribution in [0, 0.1) is 0 Å². The van der Waals surface area contributed by atoms with Gasteiger partial charge in [0.1, 0.15) is 15.2 Å². The first-order valence-electron chi connectivity index (χ1n) is 8.17. The van der Waals surface area contributed by atoms with Gasteiger partial charge in [-0.05, 0) is 30.5 Å². The lowest BCUT2D eigenvalue weighted by atomic mass is 10.2. The molecule has 4 rings (SSSR count). The van der Waals surface area contributed by atoms with Crippen molar-refractivity contribution in [1.82, 2.24) is 19.5 Å². The predicted octanol–water partition coefficient (Wildman–Crippen LogP) is 2.02. The number of anilines is 1. The van der Waals surface area contributed by atoms with Crippen molar-refractivity contribution >= 4 is 38.3 Å². The number of benzene rings is 1. The lowest BCUT2D eigenvalue weighted by Gasteiger charge is -2.13. The van der Waals surface area contributed by atoms with Crippen LogP contribution in [0.25, 0.3) is 11.2 Å². The summed E-state index contributed by atoms with van der Waals surface area (Å²) in [4.78, 5) is 23.6. The van der Waals surface area contributed by atoms with Gasteiger partial charge in [-0.3, -0.25) is 4.57 Å². The normalized spacial score (nSPS) is 20.2. The number of hydrogen-bond donors (Lipinski definition) is 2. The fraction of sp³-hybridized carbons (Fsp3) is 0.312. The van der Waals surface area contributed by atoms with Crippen LogP contribution in [0.4, 0.5) is 5.82 Å². The maximum atomic E-state index is 13.1. The summed E-state index contributed by atoms with van der Waals surface area (Å²) in [5.74, 6) is 0.504. The van der Waals surface area contributed by atoms with Crippen LogP contribution < -0.4 is 11.4 Å². The van der Waals surface area contributed by atoms with E-state index in [9.17, 15) is 9.00 Å². The van der Waals surface area contributed by atoms with Crippen LogP contribution in [-0.4, -0.2) is 36.0 Å². The van der Waals surface area contributed by atoms with Crippen LogP contribution in [0.3, 0.4) is 0 Å². The number of imidazole rings is 1. The molecule has 8 nitrogen and oxygen atoms in total. The molecule has 3 aromatic rings. The van der Waals surface area contributed by atoms with E-state index in [0.29, 0.717) is 28.5 Å². The van der Waals surface area contributed by atoms with Gasteiger partial charge in [0.25, 0.3) is 0 Å². The van der Waals surface area contributed by atoms with Crippen LogP contribution in [0.5, 0.6) is 0 Å². The molecule has 10 heteroatoms. The smallest absolute Gasteiger partial charge is 0.328 e. The molecule has 0 saturated carbocycles. The fourth-order valence-electron chi connectivity index (χ4n) is 2.93. The van der Waals surface area contributed by atoms with E-state index in [-0.39, 0.29) is 23.2 Å². The molecule has 0 aliphatic carbocycles. The summed E-state index contributed by atoms with van der Waals surface area (Å²) in [6.07, 6.45) is 1.70. The minimum absolute atomic E-state index is 0.0976. The number of nitrogens with two attached hydrogens (primary N) is 1. The Bertz CT molecular complexity index is 1160. The van der Waals surface area contributed by atoms with Gasteiger partial charge in [-0.2, -0.15) is 4.98 Å². The third kappa shape index (κ3) is 2.97. The number of nitrogens with one attached hydrogen (secondary N) is 1. The van der Waals surface area contributed by atoms with E-state index in [4.69, 9.17) is 17.3 Å². The largest absolute Gasteiger partial charge is 0.382 e. The number of nitrogens with zero attached hydrogens (tertiary/aromatic N) is 4. The quantitative estimate of drug-likeness (QED) is 0.661. The van der Waals surface area contributed by atoms with Crippen LogP contribution in [0.15, 0.2) is 38.6 Å². The minimum Gasteiger partial charge on any atom is -0.382 e. The van der Waals surface area contributed by atoms with Crippen LogP contribution >= 0.6 is 11.6 Å².